The van der Waals surface area contributed by atoms with E-state index in [1.165, 1.54) is 12.1 Å². The van der Waals surface area contributed by atoms with Crippen LogP contribution in [-0.2, 0) is 11.2 Å². The van der Waals surface area contributed by atoms with Crippen LogP contribution >= 0.6 is 0 Å². The van der Waals surface area contributed by atoms with Crippen molar-refractivity contribution in [3.05, 3.63) is 44.0 Å². The largest absolute Gasteiger partial charge is 0.505 e. The molecule has 0 bridgehead atoms. The molecule has 0 unspecified atom stereocenters. The van der Waals surface area contributed by atoms with Crippen LogP contribution in [0.5, 0.6) is 0 Å². The van der Waals surface area contributed by atoms with Gasteiger partial charge in [-0.25, -0.2) is 4.79 Å². The van der Waals surface area contributed by atoms with Gasteiger partial charge < -0.3 is 9.84 Å². The first-order valence-corrected chi connectivity index (χ1v) is 7.69. The Labute approximate surface area is 138 Å². The summed E-state index contributed by atoms with van der Waals surface area (Å²) >= 11 is 0. The summed E-state index contributed by atoms with van der Waals surface area (Å²) in [5.74, 6) is 0. The number of hydrogen-bond acceptors (Lipinski definition) is 6. The van der Waals surface area contributed by atoms with E-state index in [0.29, 0.717) is 18.4 Å². The molecule has 0 aromatic heterocycles. The number of carbonyl (C=O) groups is 1. The van der Waals surface area contributed by atoms with Gasteiger partial charge in [0.25, 0.3) is 11.4 Å². The van der Waals surface area contributed by atoms with Gasteiger partial charge in [0.2, 0.25) is 0 Å². The first kappa shape index (κ1) is 19.3. The molecule has 0 saturated carbocycles. The molecule has 0 atom stereocenters. The molecule has 0 amide bonds. The van der Waals surface area contributed by atoms with Gasteiger partial charge in [-0.1, -0.05) is 25.7 Å². The van der Waals surface area contributed by atoms with Crippen LogP contribution in [0, 0.1) is 20.2 Å². The maximum Gasteiger partial charge on any atom is 0.505 e. The third-order valence-corrected chi connectivity index (χ3v) is 3.54. The molecule has 1 aromatic rings. The number of unbranched alkanes of at least 4 members (excludes halogenated alkanes) is 5. The van der Waals surface area contributed by atoms with Crippen molar-refractivity contribution in [2.75, 3.05) is 6.61 Å². The van der Waals surface area contributed by atoms with Crippen molar-refractivity contribution >= 4 is 17.5 Å². The summed E-state index contributed by atoms with van der Waals surface area (Å²) in [7, 11) is 0. The maximum absolute atomic E-state index is 11.0. The molecular formula is C15H20N2O7. The fraction of sp³-hybridized carbons (Fsp3) is 0.533. The lowest BCUT2D eigenvalue weighted by Gasteiger charge is -2.04. The van der Waals surface area contributed by atoms with Gasteiger partial charge in [-0.15, -0.1) is 0 Å². The van der Waals surface area contributed by atoms with Gasteiger partial charge in [-0.2, -0.15) is 0 Å². The van der Waals surface area contributed by atoms with E-state index in [9.17, 15) is 25.0 Å². The summed E-state index contributed by atoms with van der Waals surface area (Å²) in [6, 6.07) is 3.72. The van der Waals surface area contributed by atoms with Crippen molar-refractivity contribution in [1.29, 1.82) is 0 Å². The number of rotatable bonds is 11. The first-order chi connectivity index (χ1) is 11.4. The lowest BCUT2D eigenvalue weighted by Crippen LogP contribution is -2.01. The summed E-state index contributed by atoms with van der Waals surface area (Å²) in [6.07, 6.45) is 4.29. The molecule has 0 radical (unpaired) electrons. The van der Waals surface area contributed by atoms with E-state index >= 15 is 0 Å². The number of ether oxygens (including phenoxy) is 1. The Hall–Kier alpha value is -2.71. The molecule has 0 aliphatic heterocycles. The Morgan fingerprint density at radius 3 is 2.21 bits per heavy atom. The molecular weight excluding hydrogens is 320 g/mol. The second-order valence-electron chi connectivity index (χ2n) is 5.31. The number of carboxylic acid groups (broad SMARTS) is 1. The van der Waals surface area contributed by atoms with Crippen molar-refractivity contribution in [3.8, 4) is 0 Å². The number of nitro benzene ring substituents is 2. The zero-order valence-electron chi connectivity index (χ0n) is 13.2. The molecule has 1 aromatic carbocycles. The second kappa shape index (κ2) is 10.1. The third kappa shape index (κ3) is 7.03. The van der Waals surface area contributed by atoms with Gasteiger partial charge >= 0.3 is 6.16 Å². The van der Waals surface area contributed by atoms with Crippen molar-refractivity contribution < 1.29 is 24.5 Å². The molecule has 132 valence electrons. The number of non-ortho nitro benzene ring substituents is 1. The number of nitro groups is 2. The summed E-state index contributed by atoms with van der Waals surface area (Å²) < 4.78 is 4.39. The summed E-state index contributed by atoms with van der Waals surface area (Å²) in [5.41, 5.74) is 0.00417. The van der Waals surface area contributed by atoms with Crippen LogP contribution < -0.4 is 0 Å². The van der Waals surface area contributed by atoms with Gasteiger partial charge in [0.1, 0.15) is 0 Å². The number of aryl methyl sites for hydroxylation is 1. The lowest BCUT2D eigenvalue weighted by atomic mass is 10.0. The van der Waals surface area contributed by atoms with E-state index in [4.69, 9.17) is 5.11 Å². The highest BCUT2D eigenvalue weighted by Crippen LogP contribution is 2.26. The Kier molecular flexibility index (Phi) is 8.17. The van der Waals surface area contributed by atoms with E-state index in [0.717, 1.165) is 38.2 Å². The SMILES string of the molecule is O=C(O)OCCCCCCCCc1ccc([N+](=O)[O-])cc1[N+](=O)[O-]. The van der Waals surface area contributed by atoms with E-state index in [1.807, 2.05) is 0 Å². The predicted octanol–water partition coefficient (Wildman–Crippen LogP) is 4.08. The van der Waals surface area contributed by atoms with E-state index in [2.05, 4.69) is 4.74 Å². The van der Waals surface area contributed by atoms with Crippen molar-refractivity contribution in [1.82, 2.24) is 0 Å². The smallest absolute Gasteiger partial charge is 0.450 e. The standard InChI is InChI=1S/C15H20N2O7/c18-15(19)24-10-6-4-2-1-3-5-7-12-8-9-13(16(20)21)11-14(12)17(22)23/h8-9,11H,1-7,10H2,(H,18,19). The molecule has 0 fully saturated rings. The van der Waals surface area contributed by atoms with Gasteiger partial charge in [0, 0.05) is 11.6 Å². The van der Waals surface area contributed by atoms with Gasteiger partial charge in [0.15, 0.2) is 0 Å². The molecule has 0 heterocycles. The highest BCUT2D eigenvalue weighted by atomic mass is 16.7. The highest BCUT2D eigenvalue weighted by molar-refractivity contribution is 5.56. The summed E-state index contributed by atoms with van der Waals surface area (Å²) in [5, 5.41) is 30.0. The number of nitrogens with zero attached hydrogens (tertiary/aromatic N) is 2. The molecule has 24 heavy (non-hydrogen) atoms. The normalized spacial score (nSPS) is 10.3. The number of benzene rings is 1. The minimum Gasteiger partial charge on any atom is -0.450 e. The average Bonchev–Trinajstić information content (AvgIpc) is 2.52. The summed E-state index contributed by atoms with van der Waals surface area (Å²) in [4.78, 5) is 30.6. The van der Waals surface area contributed by atoms with E-state index in [1.54, 1.807) is 0 Å². The molecule has 0 saturated heterocycles. The topological polar surface area (TPSA) is 133 Å². The Bertz CT molecular complexity index is 589. The van der Waals surface area contributed by atoms with Gasteiger partial charge in [-0.3, -0.25) is 20.2 Å². The molecule has 1 rings (SSSR count). The first-order valence-electron chi connectivity index (χ1n) is 7.69. The minimum absolute atomic E-state index is 0.199. The minimum atomic E-state index is -1.26. The zero-order chi connectivity index (χ0) is 17.9. The molecule has 1 N–H and O–H groups in total. The van der Waals surface area contributed by atoms with Crippen molar-refractivity contribution in [3.63, 3.8) is 0 Å². The molecule has 0 spiro atoms. The fourth-order valence-corrected chi connectivity index (χ4v) is 2.33. The zero-order valence-corrected chi connectivity index (χ0v) is 13.2. The lowest BCUT2D eigenvalue weighted by molar-refractivity contribution is -0.394. The molecule has 0 aliphatic carbocycles. The Morgan fingerprint density at radius 2 is 1.62 bits per heavy atom. The van der Waals surface area contributed by atoms with Crippen LogP contribution in [0.3, 0.4) is 0 Å². The van der Waals surface area contributed by atoms with Crippen molar-refractivity contribution in [2.45, 2.75) is 44.9 Å². The van der Waals surface area contributed by atoms with Crippen LogP contribution in [-0.4, -0.2) is 27.7 Å². The van der Waals surface area contributed by atoms with E-state index in [-0.39, 0.29) is 18.0 Å². The van der Waals surface area contributed by atoms with Crippen LogP contribution in [0.25, 0.3) is 0 Å². The molecule has 9 heteroatoms. The third-order valence-electron chi connectivity index (χ3n) is 3.54. The monoisotopic (exact) mass is 340 g/mol. The predicted molar refractivity (Wildman–Crippen MR) is 85.1 cm³/mol. The average molecular weight is 340 g/mol. The van der Waals surface area contributed by atoms with Gasteiger partial charge in [0.05, 0.1) is 22.5 Å². The molecule has 0 aliphatic rings. The van der Waals surface area contributed by atoms with Crippen molar-refractivity contribution in [2.24, 2.45) is 0 Å². The van der Waals surface area contributed by atoms with Crippen LogP contribution in [0.1, 0.15) is 44.1 Å². The number of hydrogen-bond donors (Lipinski definition) is 1. The molecule has 9 nitrogen and oxygen atoms in total. The fourth-order valence-electron chi connectivity index (χ4n) is 2.33. The van der Waals surface area contributed by atoms with E-state index < -0.39 is 16.0 Å². The van der Waals surface area contributed by atoms with Crippen LogP contribution in [0.15, 0.2) is 18.2 Å². The summed E-state index contributed by atoms with van der Waals surface area (Å²) in [6.45, 7) is 0.199. The van der Waals surface area contributed by atoms with Crippen LogP contribution in [0.2, 0.25) is 0 Å². The second-order valence-corrected chi connectivity index (χ2v) is 5.31. The maximum atomic E-state index is 11.0. The van der Waals surface area contributed by atoms with Gasteiger partial charge in [-0.05, 0) is 25.3 Å². The Morgan fingerprint density at radius 1 is 1.00 bits per heavy atom. The van der Waals surface area contributed by atoms with Crippen LogP contribution in [0.4, 0.5) is 16.2 Å². The Balaban J connectivity index is 2.31. The highest BCUT2D eigenvalue weighted by Gasteiger charge is 2.18. The quantitative estimate of drug-likeness (QED) is 0.277.